The summed E-state index contributed by atoms with van der Waals surface area (Å²) < 4.78 is 32.3. The number of hydrogen-bond donors (Lipinski definition) is 1. The van der Waals surface area contributed by atoms with E-state index in [1.165, 1.54) is 16.4 Å². The van der Waals surface area contributed by atoms with Crippen molar-refractivity contribution >= 4 is 21.8 Å². The van der Waals surface area contributed by atoms with E-state index in [4.69, 9.17) is 4.74 Å². The number of hydrogen-bond acceptors (Lipinski definition) is 5. The second kappa shape index (κ2) is 10.4. The lowest BCUT2D eigenvalue weighted by atomic mass is 10.0. The third-order valence-corrected chi connectivity index (χ3v) is 6.83. The Hall–Kier alpha value is -1.97. The molecule has 1 fully saturated rings. The number of ether oxygens (including phenoxy) is 1. The number of amides is 2. The molecule has 0 aliphatic carbocycles. The van der Waals surface area contributed by atoms with E-state index in [-0.39, 0.29) is 35.4 Å². The highest BCUT2D eigenvalue weighted by atomic mass is 32.2. The Labute approximate surface area is 179 Å². The third-order valence-electron chi connectivity index (χ3n) is 4.94. The van der Waals surface area contributed by atoms with Crippen molar-refractivity contribution in [2.45, 2.75) is 38.6 Å². The van der Waals surface area contributed by atoms with E-state index in [2.05, 4.69) is 5.32 Å². The average Bonchev–Trinajstić information content (AvgIpc) is 2.71. The number of likely N-dealkylation sites (N-methyl/N-ethyl adjacent to an activating group) is 1. The summed E-state index contributed by atoms with van der Waals surface area (Å²) in [5.41, 5.74) is 0.203. The van der Waals surface area contributed by atoms with Gasteiger partial charge in [-0.15, -0.1) is 0 Å². The molecule has 1 unspecified atom stereocenters. The molecule has 1 aliphatic heterocycles. The van der Waals surface area contributed by atoms with Crippen LogP contribution in [0.1, 0.15) is 38.1 Å². The van der Waals surface area contributed by atoms with Crippen molar-refractivity contribution in [1.82, 2.24) is 14.5 Å². The number of nitrogens with zero attached hydrogens (tertiary/aromatic N) is 2. The Morgan fingerprint density at radius 2 is 1.80 bits per heavy atom. The summed E-state index contributed by atoms with van der Waals surface area (Å²) in [7, 11) is -1.99. The minimum atomic E-state index is -3.71. The maximum atomic E-state index is 12.9. The van der Waals surface area contributed by atoms with E-state index in [9.17, 15) is 18.0 Å². The zero-order chi connectivity index (χ0) is 22.5. The van der Waals surface area contributed by atoms with Gasteiger partial charge >= 0.3 is 0 Å². The van der Waals surface area contributed by atoms with Crippen LogP contribution in [0.25, 0.3) is 0 Å². The standard InChI is InChI=1S/C21H33N3O5S/c1-15(2)14-23(5)21(26)19(16(3)4)22-20(25)17-7-6-8-18(13-17)30(27,28)24-9-11-29-12-10-24/h6-8,13,15-16,19H,9-12,14H2,1-5H3,(H,22,25). The van der Waals surface area contributed by atoms with Crippen LogP contribution in [-0.4, -0.2) is 75.4 Å². The van der Waals surface area contributed by atoms with Gasteiger partial charge in [-0.1, -0.05) is 33.8 Å². The van der Waals surface area contributed by atoms with Crippen LogP contribution in [0.4, 0.5) is 0 Å². The summed E-state index contributed by atoms with van der Waals surface area (Å²) in [4.78, 5) is 27.3. The lowest BCUT2D eigenvalue weighted by Gasteiger charge is -2.28. The van der Waals surface area contributed by atoms with Crippen LogP contribution in [0.3, 0.4) is 0 Å². The Bertz CT molecular complexity index is 848. The van der Waals surface area contributed by atoms with Gasteiger partial charge in [0.05, 0.1) is 18.1 Å². The summed E-state index contributed by atoms with van der Waals surface area (Å²) in [5, 5.41) is 2.79. The van der Waals surface area contributed by atoms with Gasteiger partial charge in [0, 0.05) is 32.2 Å². The van der Waals surface area contributed by atoms with Gasteiger partial charge in [-0.25, -0.2) is 8.42 Å². The van der Waals surface area contributed by atoms with Crippen molar-refractivity contribution in [3.63, 3.8) is 0 Å². The van der Waals surface area contributed by atoms with Gasteiger partial charge in [0.2, 0.25) is 15.9 Å². The first kappa shape index (κ1) is 24.3. The molecule has 0 radical (unpaired) electrons. The molecule has 8 nitrogen and oxygen atoms in total. The van der Waals surface area contributed by atoms with E-state index in [0.717, 1.165) is 0 Å². The van der Waals surface area contributed by atoms with E-state index >= 15 is 0 Å². The fourth-order valence-electron chi connectivity index (χ4n) is 3.35. The van der Waals surface area contributed by atoms with Crippen molar-refractivity contribution in [3.05, 3.63) is 29.8 Å². The minimum Gasteiger partial charge on any atom is -0.379 e. The number of carbonyl (C=O) groups is 2. The van der Waals surface area contributed by atoms with Crippen molar-refractivity contribution in [1.29, 1.82) is 0 Å². The number of nitrogens with one attached hydrogen (secondary N) is 1. The largest absolute Gasteiger partial charge is 0.379 e. The number of carbonyl (C=O) groups excluding carboxylic acids is 2. The fraction of sp³-hybridized carbons (Fsp3) is 0.619. The molecule has 1 aromatic rings. The molecule has 0 spiro atoms. The highest BCUT2D eigenvalue weighted by Gasteiger charge is 2.29. The average molecular weight is 440 g/mol. The first-order valence-electron chi connectivity index (χ1n) is 10.3. The monoisotopic (exact) mass is 439 g/mol. The summed E-state index contributed by atoms with van der Waals surface area (Å²) in [6, 6.07) is 5.23. The molecule has 30 heavy (non-hydrogen) atoms. The zero-order valence-electron chi connectivity index (χ0n) is 18.4. The van der Waals surface area contributed by atoms with E-state index in [0.29, 0.717) is 25.7 Å². The Morgan fingerprint density at radius 1 is 1.17 bits per heavy atom. The molecule has 0 saturated carbocycles. The number of sulfonamides is 1. The molecular weight excluding hydrogens is 406 g/mol. The van der Waals surface area contributed by atoms with E-state index < -0.39 is 22.0 Å². The molecule has 2 amide bonds. The number of rotatable bonds is 8. The lowest BCUT2D eigenvalue weighted by molar-refractivity contribution is -0.133. The highest BCUT2D eigenvalue weighted by Crippen LogP contribution is 2.19. The van der Waals surface area contributed by atoms with Crippen LogP contribution in [0.15, 0.2) is 29.2 Å². The van der Waals surface area contributed by atoms with E-state index in [1.54, 1.807) is 24.1 Å². The Morgan fingerprint density at radius 3 is 2.37 bits per heavy atom. The van der Waals surface area contributed by atoms with Crippen molar-refractivity contribution in [2.24, 2.45) is 11.8 Å². The predicted molar refractivity (Wildman–Crippen MR) is 115 cm³/mol. The second-order valence-electron chi connectivity index (χ2n) is 8.35. The van der Waals surface area contributed by atoms with Crippen LogP contribution in [0.2, 0.25) is 0 Å². The van der Waals surface area contributed by atoms with Crippen LogP contribution < -0.4 is 5.32 Å². The maximum absolute atomic E-state index is 12.9. The Kier molecular flexibility index (Phi) is 8.40. The van der Waals surface area contributed by atoms with E-state index in [1.807, 2.05) is 27.7 Å². The van der Waals surface area contributed by atoms with Crippen LogP contribution >= 0.6 is 0 Å². The number of morpholine rings is 1. The van der Waals surface area contributed by atoms with Crippen molar-refractivity contribution in [2.75, 3.05) is 39.9 Å². The molecule has 1 atom stereocenters. The summed E-state index contributed by atoms with van der Waals surface area (Å²) in [6.45, 7) is 9.63. The quantitative estimate of drug-likeness (QED) is 0.663. The smallest absolute Gasteiger partial charge is 0.251 e. The molecule has 1 aliphatic rings. The van der Waals surface area contributed by atoms with Gasteiger partial charge < -0.3 is 15.0 Å². The molecule has 1 N–H and O–H groups in total. The molecule has 1 heterocycles. The minimum absolute atomic E-state index is 0.0569. The molecule has 0 bridgehead atoms. The molecule has 168 valence electrons. The van der Waals surface area contributed by atoms with Gasteiger partial charge in [-0.05, 0) is 30.0 Å². The molecule has 2 rings (SSSR count). The van der Waals surface area contributed by atoms with Gasteiger partial charge in [0.15, 0.2) is 0 Å². The first-order chi connectivity index (χ1) is 14.0. The van der Waals surface area contributed by atoms with Crippen molar-refractivity contribution < 1.29 is 22.7 Å². The SMILES string of the molecule is CC(C)CN(C)C(=O)C(NC(=O)c1cccc(S(=O)(=O)N2CCOCC2)c1)C(C)C. The molecular formula is C21H33N3O5S. The molecule has 1 aromatic carbocycles. The first-order valence-corrected chi connectivity index (χ1v) is 11.7. The Balaban J connectivity index is 2.19. The summed E-state index contributed by atoms with van der Waals surface area (Å²) in [5.74, 6) is -0.441. The summed E-state index contributed by atoms with van der Waals surface area (Å²) in [6.07, 6.45) is 0. The second-order valence-corrected chi connectivity index (χ2v) is 10.3. The van der Waals surface area contributed by atoms with Gasteiger partial charge in [0.1, 0.15) is 6.04 Å². The fourth-order valence-corrected chi connectivity index (χ4v) is 4.80. The molecule has 9 heteroatoms. The normalized spacial score (nSPS) is 16.5. The lowest BCUT2D eigenvalue weighted by Crippen LogP contribution is -2.50. The maximum Gasteiger partial charge on any atom is 0.251 e. The topological polar surface area (TPSA) is 96.0 Å². The van der Waals surface area contributed by atoms with Crippen LogP contribution in [0.5, 0.6) is 0 Å². The molecule has 1 saturated heterocycles. The van der Waals surface area contributed by atoms with Gasteiger partial charge in [-0.3, -0.25) is 9.59 Å². The van der Waals surface area contributed by atoms with Crippen LogP contribution in [0, 0.1) is 11.8 Å². The summed E-state index contributed by atoms with van der Waals surface area (Å²) >= 11 is 0. The predicted octanol–water partition coefficient (Wildman–Crippen LogP) is 1.58. The zero-order valence-corrected chi connectivity index (χ0v) is 19.2. The van der Waals surface area contributed by atoms with Crippen LogP contribution in [-0.2, 0) is 19.6 Å². The third kappa shape index (κ3) is 6.02. The highest BCUT2D eigenvalue weighted by molar-refractivity contribution is 7.89. The molecule has 0 aromatic heterocycles. The van der Waals surface area contributed by atoms with Gasteiger partial charge in [-0.2, -0.15) is 4.31 Å². The van der Waals surface area contributed by atoms with Gasteiger partial charge in [0.25, 0.3) is 5.91 Å². The number of benzene rings is 1. The van der Waals surface area contributed by atoms with Crippen molar-refractivity contribution in [3.8, 4) is 0 Å².